The molecule has 0 aliphatic heterocycles. The predicted octanol–water partition coefficient (Wildman–Crippen LogP) is 9.73. The molecule has 2 aromatic carbocycles. The second-order valence-corrected chi connectivity index (χ2v) is 13.5. The van der Waals surface area contributed by atoms with Crippen molar-refractivity contribution in [3.8, 4) is 11.1 Å². The first-order valence-electron chi connectivity index (χ1n) is 18.5. The minimum absolute atomic E-state index is 0.00436. The lowest BCUT2D eigenvalue weighted by atomic mass is 9.73. The first kappa shape index (κ1) is 43.1. The molecule has 50 heavy (non-hydrogen) atoms. The summed E-state index contributed by atoms with van der Waals surface area (Å²) in [5, 5.41) is 9.72. The van der Waals surface area contributed by atoms with Gasteiger partial charge in [-0.1, -0.05) is 108 Å². The number of allylic oxidation sites excluding steroid dienone is 1. The molecule has 1 unspecified atom stereocenters. The van der Waals surface area contributed by atoms with E-state index in [9.17, 15) is 22.8 Å². The van der Waals surface area contributed by atoms with E-state index in [1.54, 1.807) is 18.0 Å². The van der Waals surface area contributed by atoms with Crippen molar-refractivity contribution in [3.05, 3.63) is 71.9 Å². The van der Waals surface area contributed by atoms with Gasteiger partial charge in [-0.25, -0.2) is 0 Å². The van der Waals surface area contributed by atoms with Crippen LogP contribution >= 0.6 is 11.8 Å². The van der Waals surface area contributed by atoms with Gasteiger partial charge in [-0.2, -0.15) is 13.2 Å². The summed E-state index contributed by atoms with van der Waals surface area (Å²) in [6.07, 6.45) is 8.40. The molecule has 1 atom stereocenters. The molecular formula is C40H59F3N4O2S. The van der Waals surface area contributed by atoms with E-state index in [4.69, 9.17) is 0 Å². The van der Waals surface area contributed by atoms with E-state index in [-0.39, 0.29) is 11.9 Å². The van der Waals surface area contributed by atoms with E-state index in [2.05, 4.69) is 41.7 Å². The van der Waals surface area contributed by atoms with Crippen molar-refractivity contribution in [3.63, 3.8) is 0 Å². The molecule has 0 saturated carbocycles. The number of amides is 2. The largest absolute Gasteiger partial charge is 0.405 e. The number of unbranched alkanes of at least 4 members (excludes halogenated alkanes) is 3. The van der Waals surface area contributed by atoms with Crippen LogP contribution in [-0.4, -0.2) is 54.5 Å². The van der Waals surface area contributed by atoms with Crippen LogP contribution in [0.3, 0.4) is 0 Å². The molecule has 1 aliphatic rings. The van der Waals surface area contributed by atoms with E-state index >= 15 is 0 Å². The lowest BCUT2D eigenvalue weighted by molar-refractivity contribution is -0.141. The standard InChI is InChI=1S/C38H53F3N4O2S.C2H6/c1-4-7-15-26-48-35(43-25-8-5-2)27-34(46)45-29(6-3)17-16-24-42-23-14-13-22-37(36(47)44-28-38(39,40)41)32-20-11-9-18-30(32)31-19-10-12-21-33(31)37;1-2/h8-12,18-21,25,29,42H,4-7,13-17,22-24,26-28H2,1-3H3,(H,44,47)(H,45,46);1-2H3/b25-8-,43-35?;. The molecule has 0 fully saturated rings. The van der Waals surface area contributed by atoms with E-state index in [0.717, 1.165) is 91.1 Å². The predicted molar refractivity (Wildman–Crippen MR) is 205 cm³/mol. The van der Waals surface area contributed by atoms with Crippen molar-refractivity contribution >= 4 is 28.6 Å². The van der Waals surface area contributed by atoms with Crippen molar-refractivity contribution in [2.45, 2.75) is 123 Å². The lowest BCUT2D eigenvalue weighted by Gasteiger charge is -2.31. The van der Waals surface area contributed by atoms with Gasteiger partial charge in [-0.15, -0.1) is 11.8 Å². The molecule has 0 heterocycles. The van der Waals surface area contributed by atoms with Crippen LogP contribution in [-0.2, 0) is 15.0 Å². The number of halogens is 3. The molecule has 0 bridgehead atoms. The Morgan fingerprint density at radius 3 is 2.14 bits per heavy atom. The maximum absolute atomic E-state index is 13.6. The maximum atomic E-state index is 13.6. The van der Waals surface area contributed by atoms with Crippen LogP contribution in [0.1, 0.15) is 116 Å². The molecule has 278 valence electrons. The van der Waals surface area contributed by atoms with Crippen molar-refractivity contribution < 1.29 is 22.8 Å². The highest BCUT2D eigenvalue weighted by Crippen LogP contribution is 2.51. The summed E-state index contributed by atoms with van der Waals surface area (Å²) in [6.45, 7) is 10.5. The van der Waals surface area contributed by atoms with Crippen LogP contribution in [0.2, 0.25) is 0 Å². The summed E-state index contributed by atoms with van der Waals surface area (Å²) in [4.78, 5) is 31.0. The van der Waals surface area contributed by atoms with Crippen LogP contribution in [0, 0.1) is 0 Å². The number of thioether (sulfide) groups is 1. The molecule has 6 nitrogen and oxygen atoms in total. The van der Waals surface area contributed by atoms with Crippen LogP contribution in [0.4, 0.5) is 13.2 Å². The number of rotatable bonds is 21. The number of carbonyl (C=O) groups is 2. The topological polar surface area (TPSA) is 82.6 Å². The maximum Gasteiger partial charge on any atom is 0.405 e. The zero-order chi connectivity index (χ0) is 36.8. The van der Waals surface area contributed by atoms with Gasteiger partial charge >= 0.3 is 6.18 Å². The molecule has 1 aliphatic carbocycles. The molecule has 2 aromatic rings. The van der Waals surface area contributed by atoms with Crippen molar-refractivity contribution in [1.29, 1.82) is 0 Å². The van der Waals surface area contributed by atoms with E-state index < -0.39 is 24.0 Å². The number of fused-ring (bicyclic) bond motifs is 3. The molecule has 0 radical (unpaired) electrons. The van der Waals surface area contributed by atoms with Gasteiger partial charge in [0.05, 0.1) is 11.5 Å². The number of hydrogen-bond acceptors (Lipinski definition) is 5. The Morgan fingerprint density at radius 2 is 1.54 bits per heavy atom. The van der Waals surface area contributed by atoms with Crippen LogP contribution in [0.5, 0.6) is 0 Å². The van der Waals surface area contributed by atoms with Crippen LogP contribution in [0.25, 0.3) is 11.1 Å². The highest BCUT2D eigenvalue weighted by molar-refractivity contribution is 8.14. The monoisotopic (exact) mass is 716 g/mol. The molecule has 0 saturated heterocycles. The minimum Gasteiger partial charge on any atom is -0.353 e. The lowest BCUT2D eigenvalue weighted by Crippen LogP contribution is -2.47. The van der Waals surface area contributed by atoms with Gasteiger partial charge in [0.15, 0.2) is 0 Å². The number of carbonyl (C=O) groups excluding carboxylic acids is 2. The molecular weight excluding hydrogens is 658 g/mol. The molecule has 0 aromatic heterocycles. The summed E-state index contributed by atoms with van der Waals surface area (Å²) in [7, 11) is 0. The van der Waals surface area contributed by atoms with Gasteiger partial charge in [0, 0.05) is 12.2 Å². The molecule has 2 amide bonds. The van der Waals surface area contributed by atoms with Gasteiger partial charge in [0.1, 0.15) is 12.0 Å². The van der Waals surface area contributed by atoms with Gasteiger partial charge in [0.2, 0.25) is 11.8 Å². The first-order valence-corrected chi connectivity index (χ1v) is 19.5. The normalized spacial score (nSPS) is 14.0. The quantitative estimate of drug-likeness (QED) is 0.0683. The smallest absolute Gasteiger partial charge is 0.353 e. The number of hydrogen-bond donors (Lipinski definition) is 3. The number of nitrogens with one attached hydrogen (secondary N) is 3. The fraction of sp³-hybridized carbons (Fsp3) is 0.575. The Morgan fingerprint density at radius 1 is 0.900 bits per heavy atom. The SMILES string of the molecule is CC.CC/C=C\N=C(CC(=O)NC(CC)CCCNCCCCC1(C(=O)NCC(F)(F)F)c2ccccc2-c2ccccc21)SCCCCC. The average molecular weight is 717 g/mol. The van der Waals surface area contributed by atoms with Gasteiger partial charge in [-0.3, -0.25) is 14.6 Å². The third-order valence-electron chi connectivity index (χ3n) is 8.71. The van der Waals surface area contributed by atoms with E-state index in [1.807, 2.05) is 68.5 Å². The molecule has 3 rings (SSSR count). The zero-order valence-electron chi connectivity index (χ0n) is 30.8. The van der Waals surface area contributed by atoms with Crippen LogP contribution < -0.4 is 16.0 Å². The number of benzene rings is 2. The third-order valence-corrected chi connectivity index (χ3v) is 9.78. The first-order chi connectivity index (χ1) is 24.2. The Balaban J connectivity index is 0.00000425. The summed E-state index contributed by atoms with van der Waals surface area (Å²) in [6, 6.07) is 15.2. The van der Waals surface area contributed by atoms with Gasteiger partial charge < -0.3 is 16.0 Å². The summed E-state index contributed by atoms with van der Waals surface area (Å²) in [5.41, 5.74) is 2.15. The number of alkyl halides is 3. The van der Waals surface area contributed by atoms with E-state index in [0.29, 0.717) is 19.3 Å². The Hall–Kier alpha value is -3.11. The minimum atomic E-state index is -4.49. The highest BCUT2D eigenvalue weighted by Gasteiger charge is 2.49. The second-order valence-electron chi connectivity index (χ2n) is 12.4. The fourth-order valence-corrected chi connectivity index (χ4v) is 7.19. The second kappa shape index (κ2) is 23.4. The van der Waals surface area contributed by atoms with Crippen molar-refractivity contribution in [2.75, 3.05) is 25.4 Å². The molecule has 10 heteroatoms. The summed E-state index contributed by atoms with van der Waals surface area (Å²) in [5.74, 6) is 0.365. The number of aliphatic imine (C=N–C) groups is 1. The molecule has 0 spiro atoms. The highest BCUT2D eigenvalue weighted by atomic mass is 32.2. The number of nitrogens with zero attached hydrogens (tertiary/aromatic N) is 1. The fourth-order valence-electron chi connectivity index (χ4n) is 6.23. The third kappa shape index (κ3) is 13.5. The van der Waals surface area contributed by atoms with Crippen LogP contribution in [0.15, 0.2) is 65.8 Å². The Kier molecular flexibility index (Phi) is 20.1. The Labute approximate surface area is 303 Å². The van der Waals surface area contributed by atoms with Gasteiger partial charge in [0.25, 0.3) is 0 Å². The molecule has 3 N–H and O–H groups in total. The summed E-state index contributed by atoms with van der Waals surface area (Å²) < 4.78 is 39.4. The van der Waals surface area contributed by atoms with Crippen molar-refractivity contribution in [1.82, 2.24) is 16.0 Å². The Bertz CT molecular complexity index is 1320. The van der Waals surface area contributed by atoms with Crippen molar-refractivity contribution in [2.24, 2.45) is 4.99 Å². The zero-order valence-corrected chi connectivity index (χ0v) is 31.6. The summed E-state index contributed by atoms with van der Waals surface area (Å²) >= 11 is 1.67. The average Bonchev–Trinajstić information content (AvgIpc) is 3.40. The van der Waals surface area contributed by atoms with E-state index in [1.165, 1.54) is 6.42 Å². The van der Waals surface area contributed by atoms with Gasteiger partial charge in [-0.05, 0) is 86.0 Å².